The van der Waals surface area contributed by atoms with Gasteiger partial charge in [0.1, 0.15) is 24.7 Å². The molecule has 33 heavy (non-hydrogen) atoms. The lowest BCUT2D eigenvalue weighted by Crippen LogP contribution is -2.24. The number of carbonyl (C=O) groups is 1. The van der Waals surface area contributed by atoms with Crippen molar-refractivity contribution in [2.45, 2.75) is 13.0 Å². The van der Waals surface area contributed by atoms with Crippen LogP contribution >= 0.6 is 0 Å². The molecular formula is C28H25NO4. The largest absolute Gasteiger partial charge is 0.495 e. The summed E-state index contributed by atoms with van der Waals surface area (Å²) < 4.78 is 16.7. The number of aryl methyl sites for hydroxylation is 1. The summed E-state index contributed by atoms with van der Waals surface area (Å²) in [6.45, 7) is 2.17. The Kier molecular flexibility index (Phi) is 8.13. The highest BCUT2D eigenvalue weighted by molar-refractivity contribution is 6.00. The number of rotatable bonds is 9. The van der Waals surface area contributed by atoms with Crippen LogP contribution in [0.5, 0.6) is 11.5 Å². The Morgan fingerprint density at radius 3 is 2.30 bits per heavy atom. The molecule has 0 radical (unpaired) electrons. The van der Waals surface area contributed by atoms with Crippen molar-refractivity contribution in [3.8, 4) is 47.3 Å². The second-order valence-corrected chi connectivity index (χ2v) is 7.20. The van der Waals surface area contributed by atoms with E-state index in [2.05, 4.69) is 17.2 Å². The van der Waals surface area contributed by atoms with Crippen LogP contribution in [0.4, 0.5) is 5.69 Å². The first-order valence-corrected chi connectivity index (χ1v) is 10.3. The third-order valence-electron chi connectivity index (χ3n) is 4.93. The molecule has 0 saturated heterocycles. The standard InChI is InChI=1S/C28H25NO4/c1-5-18-32-23-16-14-21(15-17-23)24-8-7-9-25(31-4)26(24)29-28(30)27(33-19-6-2)22-12-10-20(3)11-13-22/h1-2,7-17,27H,18-19H2,3-4H3,(H,29,30). The van der Waals surface area contributed by atoms with Crippen molar-refractivity contribution in [3.05, 3.63) is 77.9 Å². The third kappa shape index (κ3) is 5.95. The lowest BCUT2D eigenvalue weighted by Gasteiger charge is -2.20. The predicted octanol–water partition coefficient (Wildman–Crippen LogP) is 5.01. The molecule has 1 unspecified atom stereocenters. The maximum absolute atomic E-state index is 13.3. The first-order chi connectivity index (χ1) is 16.1. The van der Waals surface area contributed by atoms with E-state index in [0.717, 1.165) is 16.7 Å². The molecule has 5 nitrogen and oxygen atoms in total. The van der Waals surface area contributed by atoms with Crippen molar-refractivity contribution in [2.24, 2.45) is 0 Å². The monoisotopic (exact) mass is 439 g/mol. The number of para-hydroxylation sites is 1. The van der Waals surface area contributed by atoms with Crippen LogP contribution in [-0.4, -0.2) is 26.2 Å². The van der Waals surface area contributed by atoms with E-state index in [1.165, 1.54) is 0 Å². The SMILES string of the molecule is C#CCOc1ccc(-c2cccc(OC)c2NC(=O)C(OCC#C)c2ccc(C)cc2)cc1. The van der Waals surface area contributed by atoms with Crippen molar-refractivity contribution in [2.75, 3.05) is 25.6 Å². The van der Waals surface area contributed by atoms with Gasteiger partial charge in [0.25, 0.3) is 5.91 Å². The molecule has 0 aliphatic rings. The average Bonchev–Trinajstić information content (AvgIpc) is 2.84. The molecule has 0 aliphatic carbocycles. The highest BCUT2D eigenvalue weighted by Crippen LogP contribution is 2.37. The van der Waals surface area contributed by atoms with E-state index in [0.29, 0.717) is 22.7 Å². The summed E-state index contributed by atoms with van der Waals surface area (Å²) in [5.41, 5.74) is 3.97. The Morgan fingerprint density at radius 2 is 1.67 bits per heavy atom. The highest BCUT2D eigenvalue weighted by atomic mass is 16.5. The average molecular weight is 440 g/mol. The Labute approximate surface area is 194 Å². The van der Waals surface area contributed by atoms with Gasteiger partial charge in [-0.3, -0.25) is 4.79 Å². The molecule has 0 saturated carbocycles. The Balaban J connectivity index is 1.94. The van der Waals surface area contributed by atoms with Gasteiger partial charge in [0.15, 0.2) is 6.10 Å². The maximum atomic E-state index is 13.3. The smallest absolute Gasteiger partial charge is 0.258 e. The summed E-state index contributed by atoms with van der Waals surface area (Å²) in [6, 6.07) is 20.5. The zero-order chi connectivity index (χ0) is 23.6. The minimum atomic E-state index is -0.876. The van der Waals surface area contributed by atoms with E-state index in [1.807, 2.05) is 67.6 Å². The number of anilines is 1. The van der Waals surface area contributed by atoms with Crippen LogP contribution in [0.2, 0.25) is 0 Å². The fourth-order valence-electron chi connectivity index (χ4n) is 3.31. The van der Waals surface area contributed by atoms with Crippen LogP contribution in [0.15, 0.2) is 66.7 Å². The van der Waals surface area contributed by atoms with E-state index in [-0.39, 0.29) is 19.1 Å². The number of ether oxygens (including phenoxy) is 3. The normalized spacial score (nSPS) is 11.0. The lowest BCUT2D eigenvalue weighted by molar-refractivity contribution is -0.127. The fourth-order valence-corrected chi connectivity index (χ4v) is 3.31. The van der Waals surface area contributed by atoms with Crippen molar-refractivity contribution in [3.63, 3.8) is 0 Å². The van der Waals surface area contributed by atoms with Gasteiger partial charge >= 0.3 is 0 Å². The zero-order valence-corrected chi connectivity index (χ0v) is 18.6. The van der Waals surface area contributed by atoms with Gasteiger partial charge in [-0.25, -0.2) is 0 Å². The summed E-state index contributed by atoms with van der Waals surface area (Å²) in [5.74, 6) is 5.69. The van der Waals surface area contributed by atoms with Gasteiger partial charge in [0.05, 0.1) is 12.8 Å². The van der Waals surface area contributed by atoms with Crippen molar-refractivity contribution >= 4 is 11.6 Å². The molecule has 166 valence electrons. The Morgan fingerprint density at radius 1 is 0.970 bits per heavy atom. The van der Waals surface area contributed by atoms with Gasteiger partial charge in [-0.05, 0) is 36.2 Å². The zero-order valence-electron chi connectivity index (χ0n) is 18.6. The predicted molar refractivity (Wildman–Crippen MR) is 130 cm³/mol. The number of carbonyl (C=O) groups excluding carboxylic acids is 1. The number of methoxy groups -OCH3 is 1. The minimum Gasteiger partial charge on any atom is -0.495 e. The second-order valence-electron chi connectivity index (χ2n) is 7.20. The van der Waals surface area contributed by atoms with E-state index >= 15 is 0 Å². The molecule has 0 fully saturated rings. The summed E-state index contributed by atoms with van der Waals surface area (Å²) in [7, 11) is 1.55. The number of hydrogen-bond acceptors (Lipinski definition) is 4. The first-order valence-electron chi connectivity index (χ1n) is 10.3. The van der Waals surface area contributed by atoms with Crippen LogP contribution in [0, 0.1) is 31.6 Å². The molecule has 0 aromatic heterocycles. The van der Waals surface area contributed by atoms with Crippen LogP contribution < -0.4 is 14.8 Å². The number of amides is 1. The first kappa shape index (κ1) is 23.5. The van der Waals surface area contributed by atoms with Crippen LogP contribution in [-0.2, 0) is 9.53 Å². The third-order valence-corrected chi connectivity index (χ3v) is 4.93. The number of nitrogens with one attached hydrogen (secondary N) is 1. The Bertz CT molecular complexity index is 1170. The quantitative estimate of drug-likeness (QED) is 0.476. The summed E-state index contributed by atoms with van der Waals surface area (Å²) in [4.78, 5) is 13.3. The molecule has 1 amide bonds. The molecule has 1 N–H and O–H groups in total. The maximum Gasteiger partial charge on any atom is 0.258 e. The van der Waals surface area contributed by atoms with Crippen molar-refractivity contribution in [1.82, 2.24) is 0 Å². The molecule has 3 aromatic rings. The van der Waals surface area contributed by atoms with Gasteiger partial charge in [0, 0.05) is 5.56 Å². The van der Waals surface area contributed by atoms with E-state index < -0.39 is 6.10 Å². The molecule has 0 spiro atoms. The molecule has 3 aromatic carbocycles. The van der Waals surface area contributed by atoms with Gasteiger partial charge < -0.3 is 19.5 Å². The topological polar surface area (TPSA) is 56.8 Å². The van der Waals surface area contributed by atoms with Gasteiger partial charge in [-0.15, -0.1) is 12.8 Å². The molecule has 3 rings (SSSR count). The Hall–Kier alpha value is -4.19. The van der Waals surface area contributed by atoms with Gasteiger partial charge in [0.2, 0.25) is 0 Å². The number of terminal acetylenes is 2. The van der Waals surface area contributed by atoms with Crippen LogP contribution in [0.25, 0.3) is 11.1 Å². The fraction of sp³-hybridized carbons (Fsp3) is 0.179. The summed E-state index contributed by atoms with van der Waals surface area (Å²) in [6.07, 6.45) is 9.75. The number of benzene rings is 3. The molecule has 5 heteroatoms. The summed E-state index contributed by atoms with van der Waals surface area (Å²) >= 11 is 0. The van der Waals surface area contributed by atoms with E-state index in [4.69, 9.17) is 27.1 Å². The van der Waals surface area contributed by atoms with Gasteiger partial charge in [-0.1, -0.05) is 65.9 Å². The van der Waals surface area contributed by atoms with E-state index in [9.17, 15) is 4.79 Å². The van der Waals surface area contributed by atoms with E-state index in [1.54, 1.807) is 13.2 Å². The molecule has 0 heterocycles. The molecule has 0 bridgehead atoms. The lowest BCUT2D eigenvalue weighted by atomic mass is 10.0. The summed E-state index contributed by atoms with van der Waals surface area (Å²) in [5, 5.41) is 2.98. The molecule has 1 atom stereocenters. The minimum absolute atomic E-state index is 0.00383. The molecule has 0 aliphatic heterocycles. The highest BCUT2D eigenvalue weighted by Gasteiger charge is 2.24. The van der Waals surface area contributed by atoms with Gasteiger partial charge in [-0.2, -0.15) is 0 Å². The van der Waals surface area contributed by atoms with Crippen LogP contribution in [0.1, 0.15) is 17.2 Å². The molecular weight excluding hydrogens is 414 g/mol. The number of hydrogen-bond donors (Lipinski definition) is 1. The second kappa shape index (κ2) is 11.4. The van der Waals surface area contributed by atoms with Crippen molar-refractivity contribution < 1.29 is 19.0 Å². The van der Waals surface area contributed by atoms with Crippen molar-refractivity contribution in [1.29, 1.82) is 0 Å². The van der Waals surface area contributed by atoms with Crippen LogP contribution in [0.3, 0.4) is 0 Å².